The number of nitrogens with zero attached hydrogens (tertiary/aromatic N) is 2. The van der Waals surface area contributed by atoms with Gasteiger partial charge < -0.3 is 9.73 Å². The lowest BCUT2D eigenvalue weighted by molar-refractivity contribution is -0.132. The van der Waals surface area contributed by atoms with Crippen LogP contribution in [-0.2, 0) is 14.8 Å². The number of amides is 1. The van der Waals surface area contributed by atoms with Crippen LogP contribution in [0.1, 0.15) is 39.2 Å². The van der Waals surface area contributed by atoms with Gasteiger partial charge in [-0.25, -0.2) is 13.2 Å². The molecule has 1 amide bonds. The maximum absolute atomic E-state index is 13.2. The summed E-state index contributed by atoms with van der Waals surface area (Å²) in [5, 5.41) is 2.70. The molecular weight excluding hydrogens is 382 g/mol. The molecular formula is C19H23N3O5S. The second-order valence-corrected chi connectivity index (χ2v) is 9.70. The zero-order valence-electron chi connectivity index (χ0n) is 15.8. The van der Waals surface area contributed by atoms with Gasteiger partial charge in [0.25, 0.3) is 0 Å². The summed E-state index contributed by atoms with van der Waals surface area (Å²) in [5.74, 6) is -0.646. The van der Waals surface area contributed by atoms with Crippen LogP contribution >= 0.6 is 0 Å². The van der Waals surface area contributed by atoms with E-state index in [0.717, 1.165) is 0 Å². The number of carbonyl (C=O) groups is 1. The Morgan fingerprint density at radius 2 is 2.04 bits per heavy atom. The third-order valence-corrected chi connectivity index (χ3v) is 7.44. The van der Waals surface area contributed by atoms with Gasteiger partial charge in [-0.15, -0.1) is 0 Å². The summed E-state index contributed by atoms with van der Waals surface area (Å²) < 4.78 is 34.6. The predicted molar refractivity (Wildman–Crippen MR) is 103 cm³/mol. The Morgan fingerprint density at radius 3 is 2.75 bits per heavy atom. The van der Waals surface area contributed by atoms with Crippen molar-refractivity contribution in [1.29, 1.82) is 0 Å². The maximum Gasteiger partial charge on any atom is 0.420 e. The Kier molecular flexibility index (Phi) is 4.46. The Hall–Kier alpha value is -2.39. The highest BCUT2D eigenvalue weighted by molar-refractivity contribution is 7.89. The fraction of sp³-hybridized carbons (Fsp3) is 0.474. The summed E-state index contributed by atoms with van der Waals surface area (Å²) in [5.41, 5.74) is 0.0771. The number of fused-ring (bicyclic) bond motifs is 1. The van der Waals surface area contributed by atoms with Crippen LogP contribution in [0, 0.1) is 5.41 Å². The molecule has 4 rings (SSSR count). The van der Waals surface area contributed by atoms with E-state index in [0.29, 0.717) is 31.3 Å². The van der Waals surface area contributed by atoms with E-state index in [9.17, 15) is 18.0 Å². The molecule has 3 heterocycles. The molecule has 1 spiro atoms. The van der Waals surface area contributed by atoms with Crippen LogP contribution in [0.25, 0.3) is 11.1 Å². The van der Waals surface area contributed by atoms with Crippen molar-refractivity contribution in [2.45, 2.75) is 44.0 Å². The second-order valence-electron chi connectivity index (χ2n) is 7.76. The summed E-state index contributed by atoms with van der Waals surface area (Å²) in [6.07, 6.45) is 5.26. The normalized spacial score (nSPS) is 23.6. The number of sulfonamides is 1. The van der Waals surface area contributed by atoms with Crippen LogP contribution in [0.2, 0.25) is 0 Å². The van der Waals surface area contributed by atoms with E-state index in [4.69, 9.17) is 4.42 Å². The number of aromatic nitrogens is 1. The fourth-order valence-electron chi connectivity index (χ4n) is 4.13. The van der Waals surface area contributed by atoms with Crippen LogP contribution in [0.15, 0.2) is 44.6 Å². The number of rotatable bonds is 3. The van der Waals surface area contributed by atoms with Crippen molar-refractivity contribution in [3.63, 3.8) is 0 Å². The molecule has 1 saturated heterocycles. The topological polar surface area (TPSA) is 102 Å². The molecule has 0 aliphatic carbocycles. The molecule has 1 N–H and O–H groups in total. The highest BCUT2D eigenvalue weighted by Gasteiger charge is 2.45. The van der Waals surface area contributed by atoms with E-state index in [1.807, 2.05) is 19.9 Å². The van der Waals surface area contributed by atoms with E-state index in [2.05, 4.69) is 5.32 Å². The third-order valence-electron chi connectivity index (χ3n) is 5.60. The number of oxazole rings is 1. The van der Waals surface area contributed by atoms with Crippen LogP contribution in [-0.4, -0.2) is 36.3 Å². The van der Waals surface area contributed by atoms with E-state index >= 15 is 0 Å². The molecule has 2 aromatic rings. The molecule has 8 nitrogen and oxygen atoms in total. The van der Waals surface area contributed by atoms with Gasteiger partial charge in [-0.05, 0) is 51.4 Å². The van der Waals surface area contributed by atoms with Crippen LogP contribution in [0.4, 0.5) is 0 Å². The number of hydrogen-bond donors (Lipinski definition) is 1. The van der Waals surface area contributed by atoms with Gasteiger partial charge in [0.05, 0.1) is 15.8 Å². The smallest absolute Gasteiger partial charge is 0.408 e. The van der Waals surface area contributed by atoms with Crippen molar-refractivity contribution in [2.24, 2.45) is 5.41 Å². The minimum absolute atomic E-state index is 0.0634. The molecule has 0 bridgehead atoms. The average Bonchev–Trinajstić information content (AvgIpc) is 2.99. The van der Waals surface area contributed by atoms with Gasteiger partial charge in [-0.1, -0.05) is 6.08 Å². The molecule has 9 heteroatoms. The predicted octanol–water partition coefficient (Wildman–Crippen LogP) is 1.98. The fourth-order valence-corrected chi connectivity index (χ4v) is 5.71. The van der Waals surface area contributed by atoms with Crippen molar-refractivity contribution in [2.75, 3.05) is 13.1 Å². The molecule has 0 radical (unpaired) electrons. The van der Waals surface area contributed by atoms with Crippen LogP contribution in [0.5, 0.6) is 0 Å². The van der Waals surface area contributed by atoms with Gasteiger partial charge >= 0.3 is 5.76 Å². The molecule has 1 fully saturated rings. The highest BCUT2D eigenvalue weighted by atomic mass is 32.2. The molecule has 1 aromatic carbocycles. The SMILES string of the molecule is CC(C)n1c(=O)oc2cc(S(=O)(=O)N3CCC[C@@]4(CC=CNC4=O)C3)ccc21. The number of allylic oxidation sites excluding steroid dienone is 1. The van der Waals surface area contributed by atoms with Gasteiger partial charge in [-0.3, -0.25) is 9.36 Å². The summed E-state index contributed by atoms with van der Waals surface area (Å²) >= 11 is 0. The Labute approximate surface area is 162 Å². The van der Waals surface area contributed by atoms with Gasteiger partial charge in [0, 0.05) is 25.2 Å². The molecule has 0 unspecified atom stereocenters. The summed E-state index contributed by atoms with van der Waals surface area (Å²) in [7, 11) is -3.82. The first-order chi connectivity index (χ1) is 13.2. The molecule has 1 aromatic heterocycles. The molecule has 28 heavy (non-hydrogen) atoms. The molecule has 2 aliphatic heterocycles. The average molecular weight is 405 g/mol. The molecule has 2 aliphatic rings. The standard InChI is InChI=1S/C19H23N3O5S/c1-13(2)22-15-6-5-14(11-16(15)27-18(22)24)28(25,26)21-10-4-8-19(12-21)7-3-9-20-17(19)23/h3,5-6,9,11,13H,4,7-8,10,12H2,1-2H3,(H,20,23)/t19-/m0/s1. The Bertz CT molecular complexity index is 1130. The molecule has 0 saturated carbocycles. The van der Waals surface area contributed by atoms with Crippen molar-refractivity contribution in [3.8, 4) is 0 Å². The van der Waals surface area contributed by atoms with Crippen LogP contribution < -0.4 is 11.1 Å². The van der Waals surface area contributed by atoms with E-state index in [1.165, 1.54) is 21.0 Å². The molecule has 150 valence electrons. The number of hydrogen-bond acceptors (Lipinski definition) is 5. The number of carbonyl (C=O) groups excluding carboxylic acids is 1. The number of piperidine rings is 1. The first-order valence-electron chi connectivity index (χ1n) is 9.36. The summed E-state index contributed by atoms with van der Waals surface area (Å²) in [6.45, 7) is 4.21. The first kappa shape index (κ1) is 18.9. The lowest BCUT2D eigenvalue weighted by Crippen LogP contribution is -2.53. The number of nitrogens with one attached hydrogen (secondary N) is 1. The third kappa shape index (κ3) is 2.89. The van der Waals surface area contributed by atoms with Gasteiger partial charge in [0.2, 0.25) is 15.9 Å². The largest absolute Gasteiger partial charge is 0.420 e. The second kappa shape index (κ2) is 6.59. The number of benzene rings is 1. The van der Waals surface area contributed by atoms with Crippen molar-refractivity contribution < 1.29 is 17.6 Å². The van der Waals surface area contributed by atoms with Gasteiger partial charge in [0.15, 0.2) is 5.58 Å². The molecule has 1 atom stereocenters. The van der Waals surface area contributed by atoms with E-state index < -0.39 is 21.2 Å². The van der Waals surface area contributed by atoms with Gasteiger partial charge in [-0.2, -0.15) is 4.31 Å². The zero-order valence-corrected chi connectivity index (χ0v) is 16.7. The highest BCUT2D eigenvalue weighted by Crippen LogP contribution is 2.38. The first-order valence-corrected chi connectivity index (χ1v) is 10.8. The van der Waals surface area contributed by atoms with Crippen molar-refractivity contribution in [1.82, 2.24) is 14.2 Å². The van der Waals surface area contributed by atoms with Crippen LogP contribution in [0.3, 0.4) is 0 Å². The Morgan fingerprint density at radius 1 is 1.25 bits per heavy atom. The summed E-state index contributed by atoms with van der Waals surface area (Å²) in [4.78, 5) is 24.6. The quantitative estimate of drug-likeness (QED) is 0.841. The van der Waals surface area contributed by atoms with E-state index in [1.54, 1.807) is 12.3 Å². The summed E-state index contributed by atoms with van der Waals surface area (Å²) in [6, 6.07) is 4.39. The monoisotopic (exact) mass is 405 g/mol. The Balaban J connectivity index is 1.71. The van der Waals surface area contributed by atoms with Crippen molar-refractivity contribution >= 4 is 27.0 Å². The minimum atomic E-state index is -3.82. The van der Waals surface area contributed by atoms with E-state index in [-0.39, 0.29) is 29.0 Å². The zero-order chi connectivity index (χ0) is 20.1. The minimum Gasteiger partial charge on any atom is -0.408 e. The maximum atomic E-state index is 13.2. The van der Waals surface area contributed by atoms with Gasteiger partial charge in [0.1, 0.15) is 0 Å². The lowest BCUT2D eigenvalue weighted by Gasteiger charge is -2.41. The van der Waals surface area contributed by atoms with Crippen molar-refractivity contribution in [3.05, 3.63) is 41.0 Å². The lowest BCUT2D eigenvalue weighted by atomic mass is 9.76.